The number of aromatic nitrogens is 4. The Bertz CT molecular complexity index is 1720. The summed E-state index contributed by atoms with van der Waals surface area (Å²) in [6.07, 6.45) is 22.8. The van der Waals surface area contributed by atoms with Crippen LogP contribution in [0.3, 0.4) is 0 Å². The summed E-state index contributed by atoms with van der Waals surface area (Å²) < 4.78 is 0. The Balaban J connectivity index is 1.37. The van der Waals surface area contributed by atoms with Crippen LogP contribution in [0.15, 0.2) is 66.7 Å². The number of nitrogens with zero attached hydrogens (tertiary/aromatic N) is 2. The van der Waals surface area contributed by atoms with Gasteiger partial charge in [-0.15, -0.1) is 0 Å². The van der Waals surface area contributed by atoms with Gasteiger partial charge in [0.25, 0.3) is 0 Å². The number of aryl methyl sites for hydroxylation is 1. The molecule has 6 rings (SSSR count). The molecule has 0 fully saturated rings. The number of rotatable bonds is 12. The van der Waals surface area contributed by atoms with Gasteiger partial charge in [0.1, 0.15) is 0 Å². The lowest BCUT2D eigenvalue weighted by Crippen LogP contribution is -1.89. The first kappa shape index (κ1) is 28.0. The molecule has 42 heavy (non-hydrogen) atoms. The number of hydrogen-bond donors (Lipinski definition) is 2. The minimum Gasteiger partial charge on any atom is -0.355 e. The van der Waals surface area contributed by atoms with Gasteiger partial charge in [0.15, 0.2) is 0 Å². The lowest BCUT2D eigenvalue weighted by molar-refractivity contribution is 0.556. The molecule has 0 radical (unpaired) electrons. The first-order valence-corrected chi connectivity index (χ1v) is 15.9. The van der Waals surface area contributed by atoms with Gasteiger partial charge in [0.2, 0.25) is 0 Å². The predicted molar refractivity (Wildman–Crippen MR) is 180 cm³/mol. The number of aromatic amines is 2. The van der Waals surface area contributed by atoms with Crippen LogP contribution in [0.4, 0.5) is 0 Å². The third-order valence-corrected chi connectivity index (χ3v) is 8.30. The molecule has 214 valence electrons. The quantitative estimate of drug-likeness (QED) is 0.148. The van der Waals surface area contributed by atoms with E-state index in [0.717, 1.165) is 51.3 Å². The van der Waals surface area contributed by atoms with Crippen LogP contribution in [0.25, 0.3) is 57.5 Å². The first-order chi connectivity index (χ1) is 20.7. The van der Waals surface area contributed by atoms with Gasteiger partial charge < -0.3 is 9.97 Å². The lowest BCUT2D eigenvalue weighted by atomic mass is 9.96. The molecule has 0 amide bonds. The highest BCUT2D eigenvalue weighted by Crippen LogP contribution is 2.34. The summed E-state index contributed by atoms with van der Waals surface area (Å²) in [7, 11) is 0. The van der Waals surface area contributed by atoms with Crippen LogP contribution < -0.4 is 0 Å². The molecule has 0 unspecified atom stereocenters. The molecule has 1 aromatic carbocycles. The van der Waals surface area contributed by atoms with Gasteiger partial charge in [0, 0.05) is 27.6 Å². The van der Waals surface area contributed by atoms with E-state index in [1.54, 1.807) is 0 Å². The second kappa shape index (κ2) is 13.7. The van der Waals surface area contributed by atoms with Gasteiger partial charge in [-0.05, 0) is 84.7 Å². The lowest BCUT2D eigenvalue weighted by Gasteiger charge is -2.07. The van der Waals surface area contributed by atoms with Crippen molar-refractivity contribution in [2.45, 2.75) is 77.6 Å². The highest BCUT2D eigenvalue weighted by Gasteiger charge is 2.14. The smallest absolute Gasteiger partial charge is 0.0658 e. The molecule has 5 heterocycles. The van der Waals surface area contributed by atoms with Gasteiger partial charge in [-0.25, -0.2) is 9.97 Å². The fourth-order valence-electron chi connectivity index (χ4n) is 6.12. The van der Waals surface area contributed by atoms with E-state index in [0.29, 0.717) is 0 Å². The van der Waals surface area contributed by atoms with E-state index < -0.39 is 0 Å². The third-order valence-electron chi connectivity index (χ3n) is 8.30. The minimum absolute atomic E-state index is 0.945. The van der Waals surface area contributed by atoms with Gasteiger partial charge >= 0.3 is 0 Å². The van der Waals surface area contributed by atoms with Gasteiger partial charge in [0.05, 0.1) is 22.8 Å². The predicted octanol–water partition coefficient (Wildman–Crippen LogP) is 10.8. The van der Waals surface area contributed by atoms with Crippen LogP contribution in [-0.2, 0) is 6.42 Å². The van der Waals surface area contributed by atoms with Crippen molar-refractivity contribution in [3.63, 3.8) is 0 Å². The van der Waals surface area contributed by atoms with Crippen molar-refractivity contribution in [1.29, 1.82) is 0 Å². The van der Waals surface area contributed by atoms with E-state index in [1.165, 1.54) is 80.9 Å². The summed E-state index contributed by atoms with van der Waals surface area (Å²) in [6.45, 7) is 2.29. The molecule has 0 saturated carbocycles. The fraction of sp³-hybridized carbons (Fsp3) is 0.316. The maximum Gasteiger partial charge on any atom is 0.0658 e. The average molecular weight is 555 g/mol. The highest BCUT2D eigenvalue weighted by molar-refractivity contribution is 5.91. The van der Waals surface area contributed by atoms with Gasteiger partial charge in [-0.2, -0.15) is 0 Å². The summed E-state index contributed by atoms with van der Waals surface area (Å²) in [6, 6.07) is 23.6. The van der Waals surface area contributed by atoms with E-state index >= 15 is 0 Å². The zero-order chi connectivity index (χ0) is 28.6. The van der Waals surface area contributed by atoms with Crippen LogP contribution >= 0.6 is 0 Å². The number of fused-ring (bicyclic) bond motifs is 8. The zero-order valence-electron chi connectivity index (χ0n) is 24.8. The topological polar surface area (TPSA) is 57.4 Å². The molecule has 0 spiro atoms. The molecule has 0 aliphatic carbocycles. The van der Waals surface area contributed by atoms with E-state index in [4.69, 9.17) is 9.97 Å². The summed E-state index contributed by atoms with van der Waals surface area (Å²) >= 11 is 0. The summed E-state index contributed by atoms with van der Waals surface area (Å²) in [5, 5.41) is 0. The van der Waals surface area contributed by atoms with E-state index in [9.17, 15) is 0 Å². The van der Waals surface area contributed by atoms with Crippen molar-refractivity contribution in [3.8, 4) is 11.1 Å². The second-order valence-electron chi connectivity index (χ2n) is 11.6. The molecular weight excluding hydrogens is 512 g/mol. The van der Waals surface area contributed by atoms with Crippen LogP contribution in [0.1, 0.15) is 99.5 Å². The van der Waals surface area contributed by atoms with E-state index in [-0.39, 0.29) is 0 Å². The fourth-order valence-corrected chi connectivity index (χ4v) is 6.12. The van der Waals surface area contributed by atoms with Crippen molar-refractivity contribution in [2.75, 3.05) is 0 Å². The Morgan fingerprint density at radius 1 is 0.524 bits per heavy atom. The normalized spacial score (nSPS) is 12.3. The van der Waals surface area contributed by atoms with E-state index in [1.807, 2.05) is 0 Å². The minimum atomic E-state index is 0.945. The van der Waals surface area contributed by atoms with Crippen molar-refractivity contribution in [3.05, 3.63) is 95.1 Å². The maximum atomic E-state index is 4.93. The Hall–Kier alpha value is -4.18. The van der Waals surface area contributed by atoms with Crippen LogP contribution in [-0.4, -0.2) is 19.9 Å². The summed E-state index contributed by atoms with van der Waals surface area (Å²) in [5.74, 6) is 0. The van der Waals surface area contributed by atoms with E-state index in [2.05, 4.69) is 108 Å². The molecule has 8 bridgehead atoms. The number of benzene rings is 1. The second-order valence-corrected chi connectivity index (χ2v) is 11.6. The van der Waals surface area contributed by atoms with Gasteiger partial charge in [-0.1, -0.05) is 95.0 Å². The molecule has 3 aromatic heterocycles. The van der Waals surface area contributed by atoms with Gasteiger partial charge in [-0.3, -0.25) is 0 Å². The monoisotopic (exact) mass is 554 g/mol. The van der Waals surface area contributed by atoms with Crippen LogP contribution in [0.5, 0.6) is 0 Å². The molecular formula is C38H42N4. The first-order valence-electron chi connectivity index (χ1n) is 15.9. The Kier molecular flexibility index (Phi) is 9.09. The molecule has 4 aromatic rings. The molecule has 2 aliphatic rings. The van der Waals surface area contributed by atoms with Crippen molar-refractivity contribution < 1.29 is 0 Å². The maximum absolute atomic E-state index is 4.93. The van der Waals surface area contributed by atoms with Crippen molar-refractivity contribution in [2.24, 2.45) is 0 Å². The summed E-state index contributed by atoms with van der Waals surface area (Å²) in [4.78, 5) is 17.1. The molecule has 2 aliphatic heterocycles. The Labute approximate surface area is 249 Å². The molecule has 0 saturated heterocycles. The summed E-state index contributed by atoms with van der Waals surface area (Å²) in [5.41, 5.74) is 12.0. The largest absolute Gasteiger partial charge is 0.355 e. The number of H-pyrrole nitrogens is 2. The number of nitrogens with one attached hydrogen (secondary N) is 2. The number of unbranched alkanes of at least 4 members (excludes halogenated alkanes) is 9. The Morgan fingerprint density at radius 2 is 1.05 bits per heavy atom. The zero-order valence-corrected chi connectivity index (χ0v) is 24.8. The third kappa shape index (κ3) is 6.99. The van der Waals surface area contributed by atoms with Crippen LogP contribution in [0.2, 0.25) is 0 Å². The van der Waals surface area contributed by atoms with Crippen molar-refractivity contribution >= 4 is 46.4 Å². The Morgan fingerprint density at radius 3 is 1.64 bits per heavy atom. The standard InChI is InChI=1S/C38H42N4/c1-2-3-4-5-6-7-8-9-10-14-17-35-36-26-33-22-20-31(40-33)24-29-18-19-30(39-29)25-32-21-23-34(41-32)27-37(42-36)38(35)28-15-12-11-13-16-28/h11-13,15-16,18-27,39,42H,2-10,14,17H2,1H3. The molecule has 4 nitrogen and oxygen atoms in total. The average Bonchev–Trinajstić information content (AvgIpc) is 3.80. The molecule has 0 atom stereocenters. The van der Waals surface area contributed by atoms with Crippen molar-refractivity contribution in [1.82, 2.24) is 19.9 Å². The SMILES string of the molecule is CCCCCCCCCCCCc1c(-c2ccccc2)c2cc3nc(cc4ccc(cc5nc(cc1[nH]2)C=C5)[nH]4)C=C3. The molecule has 4 heteroatoms. The number of hydrogen-bond acceptors (Lipinski definition) is 2. The van der Waals surface area contributed by atoms with Crippen LogP contribution in [0, 0.1) is 0 Å². The molecule has 2 N–H and O–H groups in total. The highest BCUT2D eigenvalue weighted by atomic mass is 14.8.